The minimum Gasteiger partial charge on any atom is -0.465 e. The van der Waals surface area contributed by atoms with E-state index in [4.69, 9.17) is 14.2 Å². The molecule has 5 heteroatoms. The minimum absolute atomic E-state index is 0.172. The van der Waals surface area contributed by atoms with Crippen LogP contribution in [0.25, 0.3) is 0 Å². The number of hydrogen-bond donors (Lipinski definition) is 0. The van der Waals surface area contributed by atoms with Crippen molar-refractivity contribution in [3.8, 4) is 0 Å². The first kappa shape index (κ1) is 16.5. The summed E-state index contributed by atoms with van der Waals surface area (Å²) >= 11 is 0. The van der Waals surface area contributed by atoms with Crippen LogP contribution in [0.15, 0.2) is 30.3 Å². The molecule has 1 aromatic rings. The second kappa shape index (κ2) is 7.40. The van der Waals surface area contributed by atoms with Gasteiger partial charge in [-0.3, -0.25) is 9.59 Å². The highest BCUT2D eigenvalue weighted by Gasteiger charge is 2.68. The molecule has 1 fully saturated rings. The first-order valence-corrected chi connectivity index (χ1v) is 7.61. The van der Waals surface area contributed by atoms with Gasteiger partial charge in [0.05, 0.1) is 26.4 Å². The van der Waals surface area contributed by atoms with Crippen molar-refractivity contribution in [2.75, 3.05) is 19.8 Å². The van der Waals surface area contributed by atoms with E-state index in [2.05, 4.69) is 0 Å². The van der Waals surface area contributed by atoms with Gasteiger partial charge in [0.2, 0.25) is 0 Å². The average Bonchev–Trinajstić information content (AvgIpc) is 3.25. The third-order valence-electron chi connectivity index (χ3n) is 3.82. The van der Waals surface area contributed by atoms with E-state index in [1.54, 1.807) is 13.8 Å². The molecule has 0 aliphatic heterocycles. The maximum absolute atomic E-state index is 12.1. The Balaban J connectivity index is 1.91. The van der Waals surface area contributed by atoms with E-state index in [-0.39, 0.29) is 19.1 Å². The van der Waals surface area contributed by atoms with Crippen LogP contribution in [-0.2, 0) is 30.4 Å². The Morgan fingerprint density at radius 3 is 2.23 bits per heavy atom. The van der Waals surface area contributed by atoms with Crippen molar-refractivity contribution in [3.63, 3.8) is 0 Å². The molecule has 0 bridgehead atoms. The third kappa shape index (κ3) is 3.47. The lowest BCUT2D eigenvalue weighted by molar-refractivity contribution is -0.165. The van der Waals surface area contributed by atoms with Crippen LogP contribution in [0.5, 0.6) is 0 Å². The minimum atomic E-state index is -1.16. The van der Waals surface area contributed by atoms with Crippen LogP contribution in [0.1, 0.15) is 25.8 Å². The number of hydrogen-bond acceptors (Lipinski definition) is 5. The molecule has 1 aromatic carbocycles. The van der Waals surface area contributed by atoms with Crippen molar-refractivity contribution >= 4 is 11.9 Å². The van der Waals surface area contributed by atoms with Gasteiger partial charge in [0, 0.05) is 5.92 Å². The largest absolute Gasteiger partial charge is 0.465 e. The van der Waals surface area contributed by atoms with Gasteiger partial charge >= 0.3 is 11.9 Å². The maximum Gasteiger partial charge on any atom is 0.323 e. The van der Waals surface area contributed by atoms with E-state index in [0.29, 0.717) is 19.6 Å². The first-order chi connectivity index (χ1) is 10.6. The number of esters is 2. The lowest BCUT2D eigenvalue weighted by atomic mass is 10.0. The SMILES string of the molecule is CCOC(=O)C1(C(=O)OCC)CC1COCc1ccccc1. The van der Waals surface area contributed by atoms with E-state index in [0.717, 1.165) is 5.56 Å². The van der Waals surface area contributed by atoms with Gasteiger partial charge < -0.3 is 14.2 Å². The summed E-state index contributed by atoms with van der Waals surface area (Å²) in [6, 6.07) is 9.76. The molecule has 1 aliphatic carbocycles. The second-order valence-corrected chi connectivity index (χ2v) is 5.31. The Morgan fingerprint density at radius 2 is 1.68 bits per heavy atom. The van der Waals surface area contributed by atoms with Gasteiger partial charge in [-0.25, -0.2) is 0 Å². The lowest BCUT2D eigenvalue weighted by Gasteiger charge is -2.14. The van der Waals surface area contributed by atoms with Gasteiger partial charge in [-0.1, -0.05) is 30.3 Å². The van der Waals surface area contributed by atoms with Crippen LogP contribution in [0, 0.1) is 11.3 Å². The summed E-state index contributed by atoms with van der Waals surface area (Å²) in [6.07, 6.45) is 0.430. The standard InChI is InChI=1S/C17H22O5/c1-3-21-15(18)17(16(19)22-4-2)10-14(17)12-20-11-13-8-6-5-7-9-13/h5-9,14H,3-4,10-12H2,1-2H3. The summed E-state index contributed by atoms with van der Waals surface area (Å²) < 4.78 is 15.7. The number of carbonyl (C=O) groups is 2. The molecule has 1 atom stereocenters. The van der Waals surface area contributed by atoms with Crippen LogP contribution in [-0.4, -0.2) is 31.8 Å². The summed E-state index contributed by atoms with van der Waals surface area (Å²) in [5.74, 6) is -1.17. The Morgan fingerprint density at radius 1 is 1.09 bits per heavy atom. The molecule has 0 heterocycles. The van der Waals surface area contributed by atoms with Crippen LogP contribution in [0.2, 0.25) is 0 Å². The fraction of sp³-hybridized carbons (Fsp3) is 0.529. The van der Waals surface area contributed by atoms with Gasteiger partial charge in [-0.2, -0.15) is 0 Å². The monoisotopic (exact) mass is 306 g/mol. The zero-order chi connectivity index (χ0) is 16.0. The van der Waals surface area contributed by atoms with Crippen molar-refractivity contribution in [1.82, 2.24) is 0 Å². The molecule has 1 aliphatic rings. The number of rotatable bonds is 8. The number of benzene rings is 1. The first-order valence-electron chi connectivity index (χ1n) is 7.61. The second-order valence-electron chi connectivity index (χ2n) is 5.31. The molecular weight excluding hydrogens is 284 g/mol. The summed E-state index contributed by atoms with van der Waals surface area (Å²) in [4.78, 5) is 24.2. The van der Waals surface area contributed by atoms with Crippen molar-refractivity contribution < 1.29 is 23.8 Å². The van der Waals surface area contributed by atoms with Crippen molar-refractivity contribution in [2.45, 2.75) is 26.9 Å². The molecule has 0 spiro atoms. The molecule has 0 radical (unpaired) electrons. The van der Waals surface area contributed by atoms with Gasteiger partial charge in [-0.15, -0.1) is 0 Å². The van der Waals surface area contributed by atoms with E-state index in [1.807, 2.05) is 30.3 Å². The average molecular weight is 306 g/mol. The lowest BCUT2D eigenvalue weighted by Crippen LogP contribution is -2.32. The molecule has 0 aromatic heterocycles. The predicted octanol–water partition coefficient (Wildman–Crippen LogP) is 2.34. The number of ether oxygens (including phenoxy) is 3. The van der Waals surface area contributed by atoms with Gasteiger partial charge in [0.25, 0.3) is 0 Å². The summed E-state index contributed by atoms with van der Waals surface area (Å²) in [6.45, 7) is 4.74. The molecule has 0 saturated heterocycles. The fourth-order valence-electron chi connectivity index (χ4n) is 2.53. The van der Waals surface area contributed by atoms with Crippen molar-refractivity contribution in [1.29, 1.82) is 0 Å². The van der Waals surface area contributed by atoms with Crippen molar-refractivity contribution in [3.05, 3.63) is 35.9 Å². The van der Waals surface area contributed by atoms with E-state index in [9.17, 15) is 9.59 Å². The zero-order valence-corrected chi connectivity index (χ0v) is 13.0. The Bertz CT molecular complexity index is 493. The third-order valence-corrected chi connectivity index (χ3v) is 3.82. The summed E-state index contributed by atoms with van der Waals surface area (Å²) in [7, 11) is 0. The predicted molar refractivity (Wildman–Crippen MR) is 79.9 cm³/mol. The van der Waals surface area contributed by atoms with Gasteiger partial charge in [-0.05, 0) is 25.8 Å². The Kier molecular flexibility index (Phi) is 5.55. The Labute approximate surface area is 130 Å². The summed E-state index contributed by atoms with van der Waals surface area (Å²) in [5, 5.41) is 0. The molecule has 5 nitrogen and oxygen atoms in total. The van der Waals surface area contributed by atoms with Crippen LogP contribution < -0.4 is 0 Å². The molecular formula is C17H22O5. The molecule has 1 unspecified atom stereocenters. The molecule has 0 amide bonds. The van der Waals surface area contributed by atoms with E-state index in [1.165, 1.54) is 0 Å². The fourth-order valence-corrected chi connectivity index (χ4v) is 2.53. The quantitative estimate of drug-likeness (QED) is 0.545. The molecule has 22 heavy (non-hydrogen) atoms. The zero-order valence-electron chi connectivity index (χ0n) is 13.0. The normalized spacial score (nSPS) is 18.5. The highest BCUT2D eigenvalue weighted by Crippen LogP contribution is 2.54. The molecule has 120 valence electrons. The molecule has 1 saturated carbocycles. The highest BCUT2D eigenvalue weighted by atomic mass is 16.6. The van der Waals surface area contributed by atoms with E-state index < -0.39 is 17.4 Å². The highest BCUT2D eigenvalue weighted by molar-refractivity contribution is 6.03. The van der Waals surface area contributed by atoms with Crippen LogP contribution >= 0.6 is 0 Å². The van der Waals surface area contributed by atoms with Gasteiger partial charge in [0.1, 0.15) is 0 Å². The van der Waals surface area contributed by atoms with Crippen LogP contribution in [0.3, 0.4) is 0 Å². The van der Waals surface area contributed by atoms with Crippen molar-refractivity contribution in [2.24, 2.45) is 11.3 Å². The molecule has 0 N–H and O–H groups in total. The topological polar surface area (TPSA) is 61.8 Å². The van der Waals surface area contributed by atoms with Crippen LogP contribution in [0.4, 0.5) is 0 Å². The van der Waals surface area contributed by atoms with E-state index >= 15 is 0 Å². The summed E-state index contributed by atoms with van der Waals surface area (Å²) in [5.41, 5.74) is -0.107. The molecule has 2 rings (SSSR count). The number of carbonyl (C=O) groups excluding carboxylic acids is 2. The smallest absolute Gasteiger partial charge is 0.323 e. The Hall–Kier alpha value is -1.88. The van der Waals surface area contributed by atoms with Gasteiger partial charge in [0.15, 0.2) is 5.41 Å². The maximum atomic E-state index is 12.1.